The molecule has 0 spiro atoms. The molecule has 0 amide bonds. The molecule has 1 unspecified atom stereocenters. The van der Waals surface area contributed by atoms with Crippen molar-refractivity contribution in [2.45, 2.75) is 32.2 Å². The molecule has 0 bridgehead atoms. The zero-order valence-electron chi connectivity index (χ0n) is 19.2. The molecule has 1 atom stereocenters. The van der Waals surface area contributed by atoms with Gasteiger partial charge in [-0.2, -0.15) is 0 Å². The summed E-state index contributed by atoms with van der Waals surface area (Å²) >= 11 is 0. The van der Waals surface area contributed by atoms with Crippen molar-refractivity contribution in [3.05, 3.63) is 90.0 Å². The van der Waals surface area contributed by atoms with E-state index in [1.807, 2.05) is 19.1 Å². The molecule has 160 valence electrons. The monoisotopic (exact) mass is 412 g/mol. The van der Waals surface area contributed by atoms with E-state index in [1.165, 1.54) is 16.8 Å². The van der Waals surface area contributed by atoms with Gasteiger partial charge in [-0.05, 0) is 60.5 Å². The van der Waals surface area contributed by atoms with E-state index < -0.39 is 0 Å². The van der Waals surface area contributed by atoms with Crippen molar-refractivity contribution in [3.8, 4) is 5.75 Å². The molecule has 0 saturated heterocycles. The third-order valence-corrected chi connectivity index (χ3v) is 6.42. The van der Waals surface area contributed by atoms with Crippen LogP contribution < -0.4 is 14.5 Å². The standard InChI is InChI=1S/C28H32N2O/c1-6-31-24-18-16-23(17-19-24)29(4)22-14-11-21(12-15-22)13-20-27-28(2,3)25-9-7-8-10-26(25)30(27)5/h7-20,27H,6H2,1-5H3/b20-13+. The van der Waals surface area contributed by atoms with Gasteiger partial charge < -0.3 is 14.5 Å². The van der Waals surface area contributed by atoms with Crippen LogP contribution in [0.1, 0.15) is 31.9 Å². The minimum absolute atomic E-state index is 0.0790. The lowest BCUT2D eigenvalue weighted by molar-refractivity contribution is 0.340. The number of benzene rings is 3. The van der Waals surface area contributed by atoms with Gasteiger partial charge in [0.15, 0.2) is 0 Å². The lowest BCUT2D eigenvalue weighted by Gasteiger charge is -2.29. The second-order valence-corrected chi connectivity index (χ2v) is 8.73. The Morgan fingerprint density at radius 2 is 1.55 bits per heavy atom. The van der Waals surface area contributed by atoms with Crippen LogP contribution in [0.4, 0.5) is 17.1 Å². The third kappa shape index (κ3) is 4.05. The van der Waals surface area contributed by atoms with Gasteiger partial charge in [-0.1, -0.05) is 56.3 Å². The highest BCUT2D eigenvalue weighted by Crippen LogP contribution is 2.44. The minimum atomic E-state index is 0.0790. The van der Waals surface area contributed by atoms with Crippen molar-refractivity contribution in [1.82, 2.24) is 0 Å². The SMILES string of the molecule is CCOc1ccc(N(C)c2ccc(/C=C/C3N(C)c4ccccc4C3(C)C)cc2)cc1. The highest BCUT2D eigenvalue weighted by atomic mass is 16.5. The van der Waals surface area contributed by atoms with Crippen molar-refractivity contribution in [2.24, 2.45) is 0 Å². The summed E-state index contributed by atoms with van der Waals surface area (Å²) in [7, 11) is 4.28. The van der Waals surface area contributed by atoms with Crippen LogP contribution in [-0.2, 0) is 5.41 Å². The van der Waals surface area contributed by atoms with Crippen LogP contribution in [0.15, 0.2) is 78.9 Å². The Labute approximate surface area is 186 Å². The number of ether oxygens (including phenoxy) is 1. The van der Waals surface area contributed by atoms with Gasteiger partial charge in [0, 0.05) is 36.6 Å². The number of nitrogens with zero attached hydrogens (tertiary/aromatic N) is 2. The molecule has 1 aliphatic rings. The molecule has 3 nitrogen and oxygen atoms in total. The molecule has 3 aromatic carbocycles. The Balaban J connectivity index is 1.48. The number of anilines is 3. The second kappa shape index (κ2) is 8.50. The summed E-state index contributed by atoms with van der Waals surface area (Å²) in [5.41, 5.74) is 6.33. The van der Waals surface area contributed by atoms with Crippen LogP contribution in [0, 0.1) is 0 Å². The average Bonchev–Trinajstić information content (AvgIpc) is 2.98. The fraction of sp³-hybridized carbons (Fsp3) is 0.286. The number of rotatable bonds is 6. The highest BCUT2D eigenvalue weighted by molar-refractivity contribution is 5.68. The van der Waals surface area contributed by atoms with E-state index in [0.717, 1.165) is 17.1 Å². The number of likely N-dealkylation sites (N-methyl/N-ethyl adjacent to an activating group) is 1. The number of hydrogen-bond donors (Lipinski definition) is 0. The minimum Gasteiger partial charge on any atom is -0.494 e. The largest absolute Gasteiger partial charge is 0.494 e. The van der Waals surface area contributed by atoms with E-state index in [-0.39, 0.29) is 5.41 Å². The summed E-state index contributed by atoms with van der Waals surface area (Å²) in [5, 5.41) is 0. The third-order valence-electron chi connectivity index (χ3n) is 6.42. The summed E-state index contributed by atoms with van der Waals surface area (Å²) in [6, 6.07) is 26.0. The normalized spacial score (nSPS) is 17.1. The van der Waals surface area contributed by atoms with Crippen LogP contribution >= 0.6 is 0 Å². The lowest BCUT2D eigenvalue weighted by Crippen LogP contribution is -2.37. The second-order valence-electron chi connectivity index (χ2n) is 8.73. The topological polar surface area (TPSA) is 15.7 Å². The number of fused-ring (bicyclic) bond motifs is 1. The summed E-state index contributed by atoms with van der Waals surface area (Å²) < 4.78 is 5.54. The van der Waals surface area contributed by atoms with Crippen molar-refractivity contribution in [2.75, 3.05) is 30.5 Å². The van der Waals surface area contributed by atoms with E-state index >= 15 is 0 Å². The summed E-state index contributed by atoms with van der Waals surface area (Å²) in [6.07, 6.45) is 4.58. The van der Waals surface area contributed by atoms with Gasteiger partial charge in [-0.15, -0.1) is 0 Å². The fourth-order valence-electron chi connectivity index (χ4n) is 4.58. The van der Waals surface area contributed by atoms with E-state index in [2.05, 4.69) is 111 Å². The molecule has 0 radical (unpaired) electrons. The molecule has 3 heteroatoms. The van der Waals surface area contributed by atoms with E-state index in [9.17, 15) is 0 Å². The first-order valence-electron chi connectivity index (χ1n) is 11.0. The van der Waals surface area contributed by atoms with Gasteiger partial charge in [0.1, 0.15) is 5.75 Å². The summed E-state index contributed by atoms with van der Waals surface area (Å²) in [6.45, 7) is 7.35. The predicted molar refractivity (Wildman–Crippen MR) is 133 cm³/mol. The van der Waals surface area contributed by atoms with Gasteiger partial charge in [0.25, 0.3) is 0 Å². The maximum absolute atomic E-state index is 5.54. The van der Waals surface area contributed by atoms with Crippen LogP contribution in [-0.4, -0.2) is 26.7 Å². The molecule has 0 aromatic heterocycles. The Morgan fingerprint density at radius 3 is 2.16 bits per heavy atom. The van der Waals surface area contributed by atoms with Crippen LogP contribution in [0.25, 0.3) is 6.08 Å². The smallest absolute Gasteiger partial charge is 0.119 e. The molecule has 0 saturated carbocycles. The Morgan fingerprint density at radius 1 is 0.935 bits per heavy atom. The lowest BCUT2D eigenvalue weighted by atomic mass is 9.80. The molecule has 1 heterocycles. The molecule has 3 aromatic rings. The van der Waals surface area contributed by atoms with Gasteiger partial charge in [0.2, 0.25) is 0 Å². The average molecular weight is 413 g/mol. The van der Waals surface area contributed by atoms with Gasteiger partial charge in [0.05, 0.1) is 12.6 Å². The summed E-state index contributed by atoms with van der Waals surface area (Å²) in [5.74, 6) is 0.905. The molecule has 31 heavy (non-hydrogen) atoms. The first-order chi connectivity index (χ1) is 14.9. The highest BCUT2D eigenvalue weighted by Gasteiger charge is 2.41. The van der Waals surface area contributed by atoms with Crippen molar-refractivity contribution in [1.29, 1.82) is 0 Å². The molecular formula is C28H32N2O. The first-order valence-corrected chi connectivity index (χ1v) is 11.0. The van der Waals surface area contributed by atoms with Crippen molar-refractivity contribution >= 4 is 23.1 Å². The fourth-order valence-corrected chi connectivity index (χ4v) is 4.58. The number of hydrogen-bond acceptors (Lipinski definition) is 3. The first kappa shape index (κ1) is 21.0. The Hall–Kier alpha value is -3.20. The quantitative estimate of drug-likeness (QED) is 0.450. The van der Waals surface area contributed by atoms with E-state index in [4.69, 9.17) is 4.74 Å². The van der Waals surface area contributed by atoms with Crippen molar-refractivity contribution < 1.29 is 4.74 Å². The molecule has 0 N–H and O–H groups in total. The van der Waals surface area contributed by atoms with Crippen LogP contribution in [0.5, 0.6) is 5.75 Å². The van der Waals surface area contributed by atoms with Gasteiger partial charge in [-0.3, -0.25) is 0 Å². The van der Waals surface area contributed by atoms with Gasteiger partial charge in [-0.25, -0.2) is 0 Å². The van der Waals surface area contributed by atoms with Crippen molar-refractivity contribution in [3.63, 3.8) is 0 Å². The molecule has 0 aliphatic carbocycles. The van der Waals surface area contributed by atoms with Crippen LogP contribution in [0.3, 0.4) is 0 Å². The van der Waals surface area contributed by atoms with Gasteiger partial charge >= 0.3 is 0 Å². The van der Waals surface area contributed by atoms with Crippen LogP contribution in [0.2, 0.25) is 0 Å². The van der Waals surface area contributed by atoms with E-state index in [1.54, 1.807) is 0 Å². The zero-order chi connectivity index (χ0) is 22.0. The Bertz CT molecular complexity index is 1050. The Kier molecular flexibility index (Phi) is 5.77. The molecule has 4 rings (SSSR count). The maximum atomic E-state index is 5.54. The molecule has 1 aliphatic heterocycles. The predicted octanol–water partition coefficient (Wildman–Crippen LogP) is 6.66. The zero-order valence-corrected chi connectivity index (χ0v) is 19.2. The van der Waals surface area contributed by atoms with E-state index in [0.29, 0.717) is 12.6 Å². The maximum Gasteiger partial charge on any atom is 0.119 e. The molecular weight excluding hydrogens is 380 g/mol. The number of para-hydroxylation sites is 1. The summed E-state index contributed by atoms with van der Waals surface area (Å²) in [4.78, 5) is 4.58. The molecule has 0 fully saturated rings.